The molecule has 1 unspecified atom stereocenters. The first-order valence-corrected chi connectivity index (χ1v) is 4.49. The molecule has 2 atom stereocenters. The van der Waals surface area contributed by atoms with Gasteiger partial charge in [0.2, 0.25) is 5.91 Å². The fraction of sp³-hybridized carbons (Fsp3) is 0.889. The van der Waals surface area contributed by atoms with E-state index in [1.807, 2.05) is 0 Å². The van der Waals surface area contributed by atoms with Crippen LogP contribution in [-0.4, -0.2) is 18.0 Å². The normalized spacial score (nSPS) is 28.8. The molecule has 12 heavy (non-hydrogen) atoms. The Morgan fingerprint density at radius 1 is 1.67 bits per heavy atom. The van der Waals surface area contributed by atoms with E-state index in [-0.39, 0.29) is 17.4 Å². The monoisotopic (exact) mass is 170 g/mol. The molecular weight excluding hydrogens is 152 g/mol. The van der Waals surface area contributed by atoms with E-state index in [2.05, 4.69) is 19.2 Å². The van der Waals surface area contributed by atoms with Crippen molar-refractivity contribution in [1.82, 2.24) is 5.32 Å². The summed E-state index contributed by atoms with van der Waals surface area (Å²) in [5.74, 6) is -0.0345. The van der Waals surface area contributed by atoms with Gasteiger partial charge in [-0.05, 0) is 25.2 Å². The maximum atomic E-state index is 11.2. The van der Waals surface area contributed by atoms with Gasteiger partial charge in [-0.25, -0.2) is 0 Å². The second-order valence-corrected chi connectivity index (χ2v) is 4.38. The van der Waals surface area contributed by atoms with E-state index in [0.29, 0.717) is 6.04 Å². The lowest BCUT2D eigenvalue weighted by atomic mass is 9.67. The molecule has 3 heteroatoms. The van der Waals surface area contributed by atoms with Crippen molar-refractivity contribution in [1.29, 1.82) is 0 Å². The molecule has 1 aliphatic carbocycles. The summed E-state index contributed by atoms with van der Waals surface area (Å²) in [6.45, 7) is 6.05. The van der Waals surface area contributed by atoms with Gasteiger partial charge in [0.15, 0.2) is 0 Å². The lowest BCUT2D eigenvalue weighted by molar-refractivity contribution is -0.124. The van der Waals surface area contributed by atoms with Crippen LogP contribution in [0.4, 0.5) is 0 Å². The summed E-state index contributed by atoms with van der Waals surface area (Å²) in [6.07, 6.45) is 2.28. The summed E-state index contributed by atoms with van der Waals surface area (Å²) in [5.41, 5.74) is 5.71. The summed E-state index contributed by atoms with van der Waals surface area (Å²) in [5, 5.41) is 2.94. The Bertz CT molecular complexity index is 187. The summed E-state index contributed by atoms with van der Waals surface area (Å²) >= 11 is 0. The van der Waals surface area contributed by atoms with Crippen molar-refractivity contribution in [3.05, 3.63) is 0 Å². The average molecular weight is 170 g/mol. The minimum absolute atomic E-state index is 0.0345. The van der Waals surface area contributed by atoms with Crippen LogP contribution in [0.2, 0.25) is 0 Å². The second-order valence-electron chi connectivity index (χ2n) is 4.38. The van der Waals surface area contributed by atoms with Gasteiger partial charge in [-0.1, -0.05) is 13.8 Å². The molecule has 1 saturated carbocycles. The maximum absolute atomic E-state index is 11.2. The maximum Gasteiger partial charge on any atom is 0.236 e. The van der Waals surface area contributed by atoms with E-state index in [9.17, 15) is 4.79 Å². The second kappa shape index (κ2) is 3.05. The smallest absolute Gasteiger partial charge is 0.236 e. The summed E-state index contributed by atoms with van der Waals surface area (Å²) in [7, 11) is 0. The van der Waals surface area contributed by atoms with Crippen molar-refractivity contribution >= 4 is 5.91 Å². The van der Waals surface area contributed by atoms with E-state index in [1.165, 1.54) is 6.42 Å². The van der Waals surface area contributed by atoms with Gasteiger partial charge in [-0.2, -0.15) is 0 Å². The lowest BCUT2D eigenvalue weighted by Gasteiger charge is -2.45. The molecule has 1 fully saturated rings. The zero-order chi connectivity index (χ0) is 9.35. The largest absolute Gasteiger partial charge is 0.351 e. The van der Waals surface area contributed by atoms with Gasteiger partial charge < -0.3 is 11.1 Å². The van der Waals surface area contributed by atoms with Gasteiger partial charge in [-0.15, -0.1) is 0 Å². The molecule has 0 aromatic heterocycles. The number of rotatable bonds is 2. The van der Waals surface area contributed by atoms with Gasteiger partial charge in [0.1, 0.15) is 0 Å². The fourth-order valence-corrected chi connectivity index (χ4v) is 1.44. The van der Waals surface area contributed by atoms with Gasteiger partial charge >= 0.3 is 0 Å². The topological polar surface area (TPSA) is 55.1 Å². The summed E-state index contributed by atoms with van der Waals surface area (Å²) < 4.78 is 0. The molecule has 0 bridgehead atoms. The highest BCUT2D eigenvalue weighted by atomic mass is 16.2. The van der Waals surface area contributed by atoms with E-state index in [4.69, 9.17) is 5.73 Å². The van der Waals surface area contributed by atoms with Gasteiger partial charge in [-0.3, -0.25) is 4.79 Å². The number of hydrogen-bond acceptors (Lipinski definition) is 2. The molecule has 3 N–H and O–H groups in total. The highest BCUT2D eigenvalue weighted by Gasteiger charge is 2.39. The molecule has 0 spiro atoms. The Morgan fingerprint density at radius 2 is 2.25 bits per heavy atom. The molecule has 1 rings (SSSR count). The summed E-state index contributed by atoms with van der Waals surface area (Å²) in [4.78, 5) is 11.2. The molecule has 0 aromatic rings. The Kier molecular flexibility index (Phi) is 2.42. The molecular formula is C9H18N2O. The van der Waals surface area contributed by atoms with Crippen LogP contribution in [0, 0.1) is 5.41 Å². The lowest BCUT2D eigenvalue weighted by Crippen LogP contribution is -2.55. The average Bonchev–Trinajstić information content (AvgIpc) is 1.97. The third kappa shape index (κ3) is 1.78. The van der Waals surface area contributed by atoms with E-state index >= 15 is 0 Å². The Labute approximate surface area is 73.7 Å². The quantitative estimate of drug-likeness (QED) is 0.639. The summed E-state index contributed by atoms with van der Waals surface area (Å²) in [6, 6.07) is -0.0580. The van der Waals surface area contributed by atoms with Crippen LogP contribution in [-0.2, 0) is 4.79 Å². The third-order valence-electron chi connectivity index (χ3n) is 2.75. The number of carbonyl (C=O) groups excluding carboxylic acids is 1. The molecule has 70 valence electrons. The first-order chi connectivity index (χ1) is 5.43. The first kappa shape index (κ1) is 9.52. The molecule has 0 heterocycles. The van der Waals surface area contributed by atoms with Crippen molar-refractivity contribution in [3.63, 3.8) is 0 Å². The predicted molar refractivity (Wildman–Crippen MR) is 48.6 cm³/mol. The Balaban J connectivity index is 2.38. The van der Waals surface area contributed by atoms with Crippen LogP contribution in [0.25, 0.3) is 0 Å². The molecule has 3 nitrogen and oxygen atoms in total. The van der Waals surface area contributed by atoms with Gasteiger partial charge in [0.05, 0.1) is 6.04 Å². The molecule has 1 amide bonds. The van der Waals surface area contributed by atoms with Crippen LogP contribution < -0.4 is 11.1 Å². The van der Waals surface area contributed by atoms with Crippen molar-refractivity contribution in [2.45, 2.75) is 45.7 Å². The predicted octanol–water partition coefficient (Wildman–Crippen LogP) is 0.638. The number of carbonyl (C=O) groups is 1. The Morgan fingerprint density at radius 3 is 2.50 bits per heavy atom. The molecule has 0 radical (unpaired) electrons. The van der Waals surface area contributed by atoms with Crippen molar-refractivity contribution < 1.29 is 4.79 Å². The van der Waals surface area contributed by atoms with Crippen molar-refractivity contribution in [2.24, 2.45) is 11.1 Å². The number of nitrogens with two attached hydrogens (primary N) is 1. The minimum atomic E-state index is -0.388. The molecule has 0 aromatic carbocycles. The van der Waals surface area contributed by atoms with Gasteiger partial charge in [0, 0.05) is 6.04 Å². The minimum Gasteiger partial charge on any atom is -0.351 e. The highest BCUT2D eigenvalue weighted by Crippen LogP contribution is 2.39. The zero-order valence-electron chi connectivity index (χ0n) is 8.05. The van der Waals surface area contributed by atoms with Crippen LogP contribution in [0.5, 0.6) is 0 Å². The van der Waals surface area contributed by atoms with Crippen molar-refractivity contribution in [2.75, 3.05) is 0 Å². The standard InChI is InChI=1S/C9H18N2O/c1-6(10)8(12)11-7-4-5-9(7,2)3/h6-7H,4-5,10H2,1-3H3,(H,11,12)/t6-,7?/m0/s1. The zero-order valence-corrected chi connectivity index (χ0v) is 8.05. The molecule has 0 saturated heterocycles. The first-order valence-electron chi connectivity index (χ1n) is 4.49. The third-order valence-corrected chi connectivity index (χ3v) is 2.75. The van der Waals surface area contributed by atoms with Crippen LogP contribution in [0.3, 0.4) is 0 Å². The van der Waals surface area contributed by atoms with E-state index in [1.54, 1.807) is 6.92 Å². The van der Waals surface area contributed by atoms with Crippen LogP contribution >= 0.6 is 0 Å². The molecule has 1 aliphatic rings. The number of amides is 1. The fourth-order valence-electron chi connectivity index (χ4n) is 1.44. The molecule has 0 aliphatic heterocycles. The van der Waals surface area contributed by atoms with Crippen LogP contribution in [0.15, 0.2) is 0 Å². The highest BCUT2D eigenvalue weighted by molar-refractivity contribution is 5.81. The van der Waals surface area contributed by atoms with Gasteiger partial charge in [0.25, 0.3) is 0 Å². The SMILES string of the molecule is C[C@H](N)C(=O)NC1CCC1(C)C. The number of nitrogens with one attached hydrogen (secondary N) is 1. The van der Waals surface area contributed by atoms with Crippen LogP contribution in [0.1, 0.15) is 33.6 Å². The van der Waals surface area contributed by atoms with E-state index < -0.39 is 0 Å². The number of hydrogen-bond donors (Lipinski definition) is 2. The van der Waals surface area contributed by atoms with E-state index in [0.717, 1.165) is 6.42 Å². The van der Waals surface area contributed by atoms with Crippen molar-refractivity contribution in [3.8, 4) is 0 Å². The Hall–Kier alpha value is -0.570.